The molecule has 4 aromatic rings. The van der Waals surface area contributed by atoms with Crippen molar-refractivity contribution in [1.82, 2.24) is 29.9 Å². The Labute approximate surface area is 159 Å². The Kier molecular flexibility index (Phi) is 3.53. The van der Waals surface area contributed by atoms with E-state index in [0.29, 0.717) is 32.1 Å². The van der Waals surface area contributed by atoms with Crippen LogP contribution in [0.4, 0.5) is 13.2 Å². The summed E-state index contributed by atoms with van der Waals surface area (Å²) >= 11 is 1.19. The van der Waals surface area contributed by atoms with E-state index in [1.54, 1.807) is 30.2 Å². The van der Waals surface area contributed by atoms with Crippen molar-refractivity contribution < 1.29 is 18.3 Å². The van der Waals surface area contributed by atoms with Crippen molar-refractivity contribution in [2.45, 2.75) is 24.6 Å². The molecule has 0 atom stereocenters. The highest BCUT2D eigenvalue weighted by Crippen LogP contribution is 2.54. The Hall–Kier alpha value is -2.66. The Morgan fingerprint density at radius 1 is 1.21 bits per heavy atom. The maximum Gasteiger partial charge on any atom is 0.392 e. The lowest BCUT2D eigenvalue weighted by molar-refractivity contribution is -0.241. The minimum Gasteiger partial charge on any atom is -0.384 e. The molecule has 7 nitrogen and oxygen atoms in total. The molecule has 0 spiro atoms. The molecular weight excluding hydrogens is 393 g/mol. The molecule has 0 amide bonds. The van der Waals surface area contributed by atoms with Crippen LogP contribution >= 0.6 is 11.3 Å². The first-order valence-electron chi connectivity index (χ1n) is 8.45. The lowest BCUT2D eigenvalue weighted by atomic mass is 9.70. The SMILES string of the molecule is Cn1nnc2ncc(-c3ncc4cc(C5(O)CC(C(F)(F)F)C5)sc4n3)cc21. The molecule has 0 unspecified atom stereocenters. The van der Waals surface area contributed by atoms with Crippen molar-refractivity contribution in [2.24, 2.45) is 13.0 Å². The average molecular weight is 406 g/mol. The van der Waals surface area contributed by atoms with Crippen LogP contribution in [0, 0.1) is 5.92 Å². The van der Waals surface area contributed by atoms with Gasteiger partial charge in [0.25, 0.3) is 0 Å². The molecule has 5 rings (SSSR count). The van der Waals surface area contributed by atoms with Gasteiger partial charge in [-0.15, -0.1) is 16.4 Å². The van der Waals surface area contributed by atoms with E-state index in [9.17, 15) is 18.3 Å². The maximum atomic E-state index is 12.8. The van der Waals surface area contributed by atoms with Crippen LogP contribution in [0.2, 0.25) is 0 Å². The Bertz CT molecular complexity index is 1210. The second-order valence-electron chi connectivity index (χ2n) is 7.02. The van der Waals surface area contributed by atoms with E-state index in [-0.39, 0.29) is 12.8 Å². The van der Waals surface area contributed by atoms with Crippen LogP contribution in [-0.4, -0.2) is 41.2 Å². The van der Waals surface area contributed by atoms with Crippen molar-refractivity contribution in [2.75, 3.05) is 0 Å². The minimum absolute atomic E-state index is 0.322. The van der Waals surface area contributed by atoms with Gasteiger partial charge in [0, 0.05) is 35.3 Å². The third kappa shape index (κ3) is 2.65. The number of rotatable bonds is 2. The largest absolute Gasteiger partial charge is 0.392 e. The number of aliphatic hydroxyl groups is 1. The van der Waals surface area contributed by atoms with E-state index in [2.05, 4.69) is 25.3 Å². The van der Waals surface area contributed by atoms with Crippen molar-refractivity contribution in [3.05, 3.63) is 29.4 Å². The number of pyridine rings is 1. The summed E-state index contributed by atoms with van der Waals surface area (Å²) in [7, 11) is 1.75. The predicted molar refractivity (Wildman–Crippen MR) is 95.4 cm³/mol. The van der Waals surface area contributed by atoms with Crippen LogP contribution in [0.5, 0.6) is 0 Å². The molecule has 4 heterocycles. The third-order valence-electron chi connectivity index (χ3n) is 5.09. The first-order chi connectivity index (χ1) is 13.2. The molecule has 0 aromatic carbocycles. The van der Waals surface area contributed by atoms with Crippen LogP contribution < -0.4 is 0 Å². The zero-order chi connectivity index (χ0) is 19.7. The molecule has 0 bridgehead atoms. The van der Waals surface area contributed by atoms with Gasteiger partial charge in [-0.1, -0.05) is 5.21 Å². The molecule has 1 N–H and O–H groups in total. The van der Waals surface area contributed by atoms with Gasteiger partial charge in [-0.3, -0.25) is 0 Å². The first-order valence-corrected chi connectivity index (χ1v) is 9.26. The summed E-state index contributed by atoms with van der Waals surface area (Å²) in [4.78, 5) is 14.2. The standard InChI is InChI=1S/C17H13F3N6OS/c1-26-11-2-8(6-22-14(11)24-25-26)13-21-7-9-3-12(28-15(9)23-13)16(27)4-10(5-16)17(18,19)20/h2-3,6-7,10,27H,4-5H2,1H3. The normalized spacial score (nSPS) is 22.7. The van der Waals surface area contributed by atoms with E-state index in [0.717, 1.165) is 5.52 Å². The highest BCUT2D eigenvalue weighted by molar-refractivity contribution is 7.18. The number of aryl methyl sites for hydroxylation is 1. The van der Waals surface area contributed by atoms with Gasteiger partial charge < -0.3 is 5.11 Å². The summed E-state index contributed by atoms with van der Waals surface area (Å²) in [5.74, 6) is -1.03. The van der Waals surface area contributed by atoms with Crippen molar-refractivity contribution in [1.29, 1.82) is 0 Å². The number of nitrogens with zero attached hydrogens (tertiary/aromatic N) is 6. The number of alkyl halides is 3. The van der Waals surface area contributed by atoms with Gasteiger partial charge >= 0.3 is 6.18 Å². The number of hydrogen-bond donors (Lipinski definition) is 1. The molecular formula is C17H13F3N6OS. The second kappa shape index (κ2) is 5.67. The average Bonchev–Trinajstić information content (AvgIpc) is 3.21. The van der Waals surface area contributed by atoms with E-state index < -0.39 is 17.7 Å². The molecule has 1 fully saturated rings. The van der Waals surface area contributed by atoms with Crippen LogP contribution in [0.25, 0.3) is 32.8 Å². The molecule has 1 aliphatic rings. The highest BCUT2D eigenvalue weighted by atomic mass is 32.1. The fourth-order valence-electron chi connectivity index (χ4n) is 3.43. The number of fused-ring (bicyclic) bond motifs is 2. The third-order valence-corrected chi connectivity index (χ3v) is 6.33. The van der Waals surface area contributed by atoms with Crippen molar-refractivity contribution in [3.63, 3.8) is 0 Å². The fourth-order valence-corrected chi connectivity index (χ4v) is 4.54. The molecule has 1 saturated carbocycles. The monoisotopic (exact) mass is 406 g/mol. The van der Waals surface area contributed by atoms with Gasteiger partial charge in [0.05, 0.1) is 5.92 Å². The zero-order valence-electron chi connectivity index (χ0n) is 14.5. The van der Waals surface area contributed by atoms with E-state index in [1.807, 2.05) is 6.07 Å². The molecule has 11 heteroatoms. The Balaban J connectivity index is 1.49. The number of thiophene rings is 1. The summed E-state index contributed by atoms with van der Waals surface area (Å²) < 4.78 is 39.9. The Morgan fingerprint density at radius 3 is 2.75 bits per heavy atom. The van der Waals surface area contributed by atoms with Gasteiger partial charge in [-0.2, -0.15) is 13.2 Å². The maximum absolute atomic E-state index is 12.8. The molecule has 144 valence electrons. The molecule has 1 aliphatic carbocycles. The van der Waals surface area contributed by atoms with Crippen molar-refractivity contribution in [3.8, 4) is 11.4 Å². The number of halogens is 3. The van der Waals surface area contributed by atoms with Crippen LogP contribution in [0.3, 0.4) is 0 Å². The Morgan fingerprint density at radius 2 is 2.00 bits per heavy atom. The summed E-state index contributed by atoms with van der Waals surface area (Å²) in [6, 6.07) is 3.49. The summed E-state index contributed by atoms with van der Waals surface area (Å²) in [6.45, 7) is 0. The molecule has 0 saturated heterocycles. The highest BCUT2D eigenvalue weighted by Gasteiger charge is 2.56. The molecule has 4 aromatic heterocycles. The first kappa shape index (κ1) is 17.4. The lowest BCUT2D eigenvalue weighted by Crippen LogP contribution is -2.46. The van der Waals surface area contributed by atoms with Gasteiger partial charge in [-0.25, -0.2) is 19.6 Å². The molecule has 0 aliphatic heterocycles. The van der Waals surface area contributed by atoms with Gasteiger partial charge in [0.1, 0.15) is 15.9 Å². The molecule has 28 heavy (non-hydrogen) atoms. The minimum atomic E-state index is -4.28. The fraction of sp³-hybridized carbons (Fsp3) is 0.353. The van der Waals surface area contributed by atoms with Crippen LogP contribution in [0.1, 0.15) is 17.7 Å². The number of hydrogen-bond acceptors (Lipinski definition) is 7. The van der Waals surface area contributed by atoms with Gasteiger partial charge in [-0.05, 0) is 25.0 Å². The quantitative estimate of drug-likeness (QED) is 0.550. The van der Waals surface area contributed by atoms with Crippen LogP contribution in [0.15, 0.2) is 24.5 Å². The topological polar surface area (TPSA) is 89.6 Å². The summed E-state index contributed by atoms with van der Waals surface area (Å²) in [5, 5.41) is 19.1. The summed E-state index contributed by atoms with van der Waals surface area (Å²) in [5.41, 5.74) is 0.466. The molecule has 0 radical (unpaired) electrons. The predicted octanol–water partition coefficient (Wildman–Crippen LogP) is 3.19. The second-order valence-corrected chi connectivity index (χ2v) is 8.05. The summed E-state index contributed by atoms with van der Waals surface area (Å²) in [6.07, 6.45) is -1.72. The van der Waals surface area contributed by atoms with E-state index in [1.165, 1.54) is 11.3 Å². The van der Waals surface area contributed by atoms with Crippen LogP contribution in [-0.2, 0) is 12.6 Å². The number of aromatic nitrogens is 6. The van der Waals surface area contributed by atoms with E-state index in [4.69, 9.17) is 0 Å². The zero-order valence-corrected chi connectivity index (χ0v) is 15.3. The van der Waals surface area contributed by atoms with Gasteiger partial charge in [0.2, 0.25) is 5.65 Å². The smallest absolute Gasteiger partial charge is 0.384 e. The van der Waals surface area contributed by atoms with Crippen molar-refractivity contribution >= 4 is 32.7 Å². The van der Waals surface area contributed by atoms with E-state index >= 15 is 0 Å². The lowest BCUT2D eigenvalue weighted by Gasteiger charge is -2.43. The van der Waals surface area contributed by atoms with Gasteiger partial charge in [0.15, 0.2) is 5.82 Å².